The molecule has 0 fully saturated rings. The fourth-order valence-electron chi connectivity index (χ4n) is 0.961. The highest BCUT2D eigenvalue weighted by atomic mass is 15.2. The third kappa shape index (κ3) is 6.05. The van der Waals surface area contributed by atoms with Crippen molar-refractivity contribution in [3.05, 3.63) is 0 Å². The first-order valence-electron chi connectivity index (χ1n) is 4.27. The summed E-state index contributed by atoms with van der Waals surface area (Å²) in [4.78, 5) is 0. The van der Waals surface area contributed by atoms with Gasteiger partial charge in [0.25, 0.3) is 0 Å². The van der Waals surface area contributed by atoms with E-state index in [4.69, 9.17) is 5.84 Å². The van der Waals surface area contributed by atoms with Crippen LogP contribution in [0.25, 0.3) is 0 Å². The Morgan fingerprint density at radius 1 is 1.30 bits per heavy atom. The second kappa shape index (κ2) is 7.03. The second-order valence-electron chi connectivity index (χ2n) is 2.92. The van der Waals surface area contributed by atoms with Gasteiger partial charge in [0.2, 0.25) is 0 Å². The van der Waals surface area contributed by atoms with Gasteiger partial charge in [-0.2, -0.15) is 0 Å². The first-order valence-corrected chi connectivity index (χ1v) is 4.27. The first-order chi connectivity index (χ1) is 4.81. The molecule has 1 unspecified atom stereocenters. The molecule has 0 aliphatic carbocycles. The standard InChI is InChI=1S/C8H20N2/c1-3-4-5-6-7-8(2)10-9/h8,10H,3-7,9H2,1-2H3. The Labute approximate surface area is 64.2 Å². The molecule has 2 nitrogen and oxygen atoms in total. The van der Waals surface area contributed by atoms with Crippen molar-refractivity contribution in [2.75, 3.05) is 0 Å². The maximum Gasteiger partial charge on any atom is 0.0182 e. The fraction of sp³-hybridized carbons (Fsp3) is 1.00. The van der Waals surface area contributed by atoms with Crippen LogP contribution in [0.5, 0.6) is 0 Å². The summed E-state index contributed by atoms with van der Waals surface area (Å²) in [5.74, 6) is 5.24. The van der Waals surface area contributed by atoms with Crippen LogP contribution in [-0.4, -0.2) is 6.04 Å². The zero-order valence-electron chi connectivity index (χ0n) is 7.19. The number of nitrogens with two attached hydrogens (primary N) is 1. The number of rotatable bonds is 6. The molecule has 0 aromatic heterocycles. The average molecular weight is 144 g/mol. The van der Waals surface area contributed by atoms with Crippen molar-refractivity contribution in [2.24, 2.45) is 5.84 Å². The molecule has 0 bridgehead atoms. The van der Waals surface area contributed by atoms with E-state index in [0.717, 1.165) is 0 Å². The van der Waals surface area contributed by atoms with Crippen molar-refractivity contribution < 1.29 is 0 Å². The van der Waals surface area contributed by atoms with Crippen LogP contribution in [0.1, 0.15) is 46.0 Å². The van der Waals surface area contributed by atoms with E-state index in [9.17, 15) is 0 Å². The fourth-order valence-corrected chi connectivity index (χ4v) is 0.961. The molecule has 0 saturated heterocycles. The Morgan fingerprint density at radius 2 is 2.00 bits per heavy atom. The van der Waals surface area contributed by atoms with Gasteiger partial charge in [0, 0.05) is 6.04 Å². The molecular formula is C8H20N2. The summed E-state index contributed by atoms with van der Waals surface area (Å²) in [5.41, 5.74) is 2.74. The number of nitrogens with one attached hydrogen (secondary N) is 1. The van der Waals surface area contributed by atoms with Gasteiger partial charge in [0.05, 0.1) is 0 Å². The van der Waals surface area contributed by atoms with E-state index in [2.05, 4.69) is 19.3 Å². The largest absolute Gasteiger partial charge is 0.271 e. The minimum absolute atomic E-state index is 0.483. The molecule has 0 radical (unpaired) electrons. The number of hydrogen-bond donors (Lipinski definition) is 2. The summed E-state index contributed by atoms with van der Waals surface area (Å²) in [6.07, 6.45) is 6.53. The van der Waals surface area contributed by atoms with E-state index in [1.54, 1.807) is 0 Å². The second-order valence-corrected chi connectivity index (χ2v) is 2.92. The lowest BCUT2D eigenvalue weighted by molar-refractivity contribution is 0.495. The van der Waals surface area contributed by atoms with Gasteiger partial charge in [-0.1, -0.05) is 32.6 Å². The van der Waals surface area contributed by atoms with Gasteiger partial charge in [0.15, 0.2) is 0 Å². The molecule has 0 aliphatic heterocycles. The van der Waals surface area contributed by atoms with E-state index in [-0.39, 0.29) is 0 Å². The van der Waals surface area contributed by atoms with Crippen LogP contribution in [0.4, 0.5) is 0 Å². The molecule has 0 spiro atoms. The third-order valence-corrected chi connectivity index (χ3v) is 1.78. The van der Waals surface area contributed by atoms with Gasteiger partial charge in [0.1, 0.15) is 0 Å². The molecule has 3 N–H and O–H groups in total. The molecule has 1 atom stereocenters. The highest BCUT2D eigenvalue weighted by Gasteiger charge is 1.96. The summed E-state index contributed by atoms with van der Waals surface area (Å²) < 4.78 is 0. The van der Waals surface area contributed by atoms with Crippen LogP contribution >= 0.6 is 0 Å². The summed E-state index contributed by atoms with van der Waals surface area (Å²) >= 11 is 0. The molecule has 0 aromatic carbocycles. The monoisotopic (exact) mass is 144 g/mol. The topological polar surface area (TPSA) is 38.0 Å². The first kappa shape index (κ1) is 9.92. The van der Waals surface area contributed by atoms with Crippen LogP contribution < -0.4 is 11.3 Å². The molecule has 0 amide bonds. The predicted molar refractivity (Wildman–Crippen MR) is 45.5 cm³/mol. The minimum atomic E-state index is 0.483. The molecule has 2 heteroatoms. The van der Waals surface area contributed by atoms with Crippen molar-refractivity contribution in [1.29, 1.82) is 0 Å². The van der Waals surface area contributed by atoms with Crippen molar-refractivity contribution in [3.8, 4) is 0 Å². The summed E-state index contributed by atoms with van der Waals surface area (Å²) in [7, 11) is 0. The smallest absolute Gasteiger partial charge is 0.0182 e. The van der Waals surface area contributed by atoms with Crippen LogP contribution in [0, 0.1) is 0 Å². The Morgan fingerprint density at radius 3 is 2.50 bits per heavy atom. The SMILES string of the molecule is CCCCCCC(C)NN. The van der Waals surface area contributed by atoms with Crippen LogP contribution in [-0.2, 0) is 0 Å². The number of unbranched alkanes of at least 4 members (excludes halogenated alkanes) is 3. The summed E-state index contributed by atoms with van der Waals surface area (Å²) in [6.45, 7) is 4.34. The lowest BCUT2D eigenvalue weighted by atomic mass is 10.1. The number of hydrazine groups is 1. The maximum atomic E-state index is 5.24. The van der Waals surface area contributed by atoms with Crippen LogP contribution in [0.2, 0.25) is 0 Å². The van der Waals surface area contributed by atoms with Gasteiger partial charge in [-0.3, -0.25) is 11.3 Å². The summed E-state index contributed by atoms with van der Waals surface area (Å²) in [6, 6.07) is 0.483. The van der Waals surface area contributed by atoms with Gasteiger partial charge >= 0.3 is 0 Å². The van der Waals surface area contributed by atoms with Gasteiger partial charge in [-0.15, -0.1) is 0 Å². The lowest BCUT2D eigenvalue weighted by Gasteiger charge is -2.07. The minimum Gasteiger partial charge on any atom is -0.271 e. The van der Waals surface area contributed by atoms with Crippen LogP contribution in [0.15, 0.2) is 0 Å². The van der Waals surface area contributed by atoms with Crippen molar-refractivity contribution in [2.45, 2.75) is 52.0 Å². The summed E-state index contributed by atoms with van der Waals surface area (Å²) in [5, 5.41) is 0. The average Bonchev–Trinajstić information content (AvgIpc) is 1.98. The van der Waals surface area contributed by atoms with Crippen molar-refractivity contribution in [1.82, 2.24) is 5.43 Å². The Bertz CT molecular complexity index is 64.3. The predicted octanol–water partition coefficient (Wildman–Crippen LogP) is 1.81. The third-order valence-electron chi connectivity index (χ3n) is 1.78. The molecule has 0 rings (SSSR count). The highest BCUT2D eigenvalue weighted by molar-refractivity contribution is 4.54. The van der Waals surface area contributed by atoms with E-state index < -0.39 is 0 Å². The zero-order chi connectivity index (χ0) is 7.82. The normalized spacial score (nSPS) is 13.5. The zero-order valence-corrected chi connectivity index (χ0v) is 7.19. The van der Waals surface area contributed by atoms with E-state index in [1.807, 2.05) is 0 Å². The maximum absolute atomic E-state index is 5.24. The quantitative estimate of drug-likeness (QED) is 0.339. The van der Waals surface area contributed by atoms with Gasteiger partial charge in [-0.25, -0.2) is 0 Å². The lowest BCUT2D eigenvalue weighted by Crippen LogP contribution is -2.32. The Balaban J connectivity index is 2.89. The van der Waals surface area contributed by atoms with Crippen LogP contribution in [0.3, 0.4) is 0 Å². The Hall–Kier alpha value is -0.0800. The molecular weight excluding hydrogens is 124 g/mol. The molecule has 0 aromatic rings. The van der Waals surface area contributed by atoms with Gasteiger partial charge < -0.3 is 0 Å². The molecule has 0 heterocycles. The number of hydrogen-bond acceptors (Lipinski definition) is 2. The molecule has 0 aliphatic rings. The molecule has 0 saturated carbocycles. The van der Waals surface area contributed by atoms with E-state index in [0.29, 0.717) is 6.04 Å². The molecule has 62 valence electrons. The van der Waals surface area contributed by atoms with E-state index in [1.165, 1.54) is 32.1 Å². The van der Waals surface area contributed by atoms with E-state index >= 15 is 0 Å². The van der Waals surface area contributed by atoms with Crippen molar-refractivity contribution >= 4 is 0 Å². The van der Waals surface area contributed by atoms with Crippen molar-refractivity contribution in [3.63, 3.8) is 0 Å². The Kier molecular flexibility index (Phi) is 6.98. The van der Waals surface area contributed by atoms with Gasteiger partial charge in [-0.05, 0) is 13.3 Å². The molecule has 10 heavy (non-hydrogen) atoms. The highest BCUT2D eigenvalue weighted by Crippen LogP contribution is 2.03.